The zero-order valence-electron chi connectivity index (χ0n) is 25.9. The first-order valence-electron chi connectivity index (χ1n) is 14.6. The van der Waals surface area contributed by atoms with Gasteiger partial charge >= 0.3 is 0 Å². The first-order valence-corrected chi connectivity index (χ1v) is 14.6. The number of para-hydroxylation sites is 1. The Hall–Kier alpha value is -4.44. The molecular weight excluding hydrogens is 514 g/mol. The molecule has 0 saturated carbocycles. The molecule has 42 heavy (non-hydrogen) atoms. The summed E-state index contributed by atoms with van der Waals surface area (Å²) in [6.07, 6.45) is 1.90. The number of benzene rings is 4. The number of aromatic nitrogens is 3. The lowest BCUT2D eigenvalue weighted by molar-refractivity contribution is 0.475. The van der Waals surface area contributed by atoms with Crippen LogP contribution in [-0.2, 0) is 17.9 Å². The average molecular weight is 554 g/mol. The van der Waals surface area contributed by atoms with Crippen LogP contribution in [0.2, 0.25) is 0 Å². The molecule has 212 valence electrons. The summed E-state index contributed by atoms with van der Waals surface area (Å²) in [6, 6.07) is 27.6. The van der Waals surface area contributed by atoms with Crippen LogP contribution in [0.3, 0.4) is 0 Å². The number of phenols is 1. The van der Waals surface area contributed by atoms with E-state index in [0.717, 1.165) is 55.8 Å². The van der Waals surface area contributed by atoms with Crippen molar-refractivity contribution in [2.24, 2.45) is 7.05 Å². The van der Waals surface area contributed by atoms with Crippen molar-refractivity contribution < 1.29 is 5.11 Å². The number of rotatable bonds is 3. The minimum atomic E-state index is -0.0412. The van der Waals surface area contributed by atoms with Crippen molar-refractivity contribution in [3.05, 3.63) is 102 Å². The van der Waals surface area contributed by atoms with Gasteiger partial charge in [-0.2, -0.15) is 0 Å². The second-order valence-corrected chi connectivity index (χ2v) is 13.5. The molecule has 0 radical (unpaired) electrons. The first kappa shape index (κ1) is 27.7. The molecule has 2 aromatic heterocycles. The molecule has 0 spiro atoms. The lowest BCUT2D eigenvalue weighted by Crippen LogP contribution is -2.11. The van der Waals surface area contributed by atoms with Gasteiger partial charge in [0.1, 0.15) is 11.6 Å². The predicted molar refractivity (Wildman–Crippen MR) is 176 cm³/mol. The summed E-state index contributed by atoms with van der Waals surface area (Å²) in [6.45, 7) is 15.5. The number of pyridine rings is 1. The summed E-state index contributed by atoms with van der Waals surface area (Å²) in [5.74, 6) is 0.985. The van der Waals surface area contributed by atoms with Gasteiger partial charge in [-0.15, -0.1) is 0 Å². The van der Waals surface area contributed by atoms with E-state index < -0.39 is 0 Å². The SMILES string of the molecule is Cc1ccnc2c(-c3cccc(-c4cccc5c4nc(-c4cc(C(C)(C)C)ccc4O)n5C)c3)cc(C(C)(C)C)cc12. The van der Waals surface area contributed by atoms with Crippen molar-refractivity contribution in [3.63, 3.8) is 0 Å². The fourth-order valence-electron chi connectivity index (χ4n) is 5.76. The average Bonchev–Trinajstić information content (AvgIpc) is 3.28. The molecule has 4 aromatic carbocycles. The van der Waals surface area contributed by atoms with Crippen LogP contribution in [0.15, 0.2) is 85.1 Å². The van der Waals surface area contributed by atoms with Crippen LogP contribution in [0, 0.1) is 6.92 Å². The summed E-state index contributed by atoms with van der Waals surface area (Å²) in [7, 11) is 2.02. The number of phenolic OH excluding ortho intramolecular Hbond substituents is 1. The molecule has 0 aliphatic rings. The highest BCUT2D eigenvalue weighted by Gasteiger charge is 2.21. The molecule has 6 rings (SSSR count). The predicted octanol–water partition coefficient (Wildman–Crippen LogP) is 9.73. The van der Waals surface area contributed by atoms with Gasteiger partial charge in [0.2, 0.25) is 0 Å². The Bertz CT molecular complexity index is 1980. The molecule has 0 aliphatic heterocycles. The molecule has 2 heterocycles. The molecule has 6 aromatic rings. The number of hydrogen-bond donors (Lipinski definition) is 1. The number of fused-ring (bicyclic) bond motifs is 2. The highest BCUT2D eigenvalue weighted by atomic mass is 16.3. The molecule has 4 heteroatoms. The fraction of sp³-hybridized carbons (Fsp3) is 0.263. The zero-order chi connectivity index (χ0) is 30.0. The van der Waals surface area contributed by atoms with Gasteiger partial charge in [0.25, 0.3) is 0 Å². The first-order chi connectivity index (χ1) is 19.8. The third-order valence-corrected chi connectivity index (χ3v) is 8.43. The maximum Gasteiger partial charge on any atom is 0.144 e. The minimum Gasteiger partial charge on any atom is -0.507 e. The lowest BCUT2D eigenvalue weighted by Gasteiger charge is -2.22. The normalized spacial score (nSPS) is 12.4. The Morgan fingerprint density at radius 3 is 2.05 bits per heavy atom. The summed E-state index contributed by atoms with van der Waals surface area (Å²) < 4.78 is 2.08. The van der Waals surface area contributed by atoms with E-state index in [1.165, 1.54) is 16.5 Å². The Balaban J connectivity index is 1.54. The molecule has 0 amide bonds. The van der Waals surface area contributed by atoms with Gasteiger partial charge in [-0.05, 0) is 88.0 Å². The number of imidazole rings is 1. The van der Waals surface area contributed by atoms with Gasteiger partial charge in [-0.25, -0.2) is 4.98 Å². The van der Waals surface area contributed by atoms with E-state index in [1.807, 2.05) is 19.3 Å². The van der Waals surface area contributed by atoms with Crippen LogP contribution in [0.4, 0.5) is 0 Å². The molecule has 0 fully saturated rings. The standard InChI is InChI=1S/C38H39N3O/c1-23-17-18-39-34-29(23)21-27(38(5,6)7)22-30(34)25-12-9-11-24(19-25)28-13-10-14-32-35(28)40-36(41(32)8)31-20-26(37(2,3)4)15-16-33(31)42/h9-22,42H,1-8H3. The molecular formula is C38H39N3O. The van der Waals surface area contributed by atoms with Crippen molar-refractivity contribution in [2.45, 2.75) is 59.3 Å². The highest BCUT2D eigenvalue weighted by molar-refractivity contribution is 5.99. The topological polar surface area (TPSA) is 50.9 Å². The van der Waals surface area contributed by atoms with Crippen molar-refractivity contribution in [1.82, 2.24) is 14.5 Å². The molecule has 0 unspecified atom stereocenters. The number of aromatic hydroxyl groups is 1. The van der Waals surface area contributed by atoms with Crippen LogP contribution in [0.25, 0.3) is 55.6 Å². The molecule has 0 atom stereocenters. The van der Waals surface area contributed by atoms with E-state index in [4.69, 9.17) is 9.97 Å². The minimum absolute atomic E-state index is 0.00857. The van der Waals surface area contributed by atoms with E-state index in [1.54, 1.807) is 6.07 Å². The number of hydrogen-bond acceptors (Lipinski definition) is 3. The van der Waals surface area contributed by atoms with Crippen molar-refractivity contribution in [1.29, 1.82) is 0 Å². The summed E-state index contributed by atoms with van der Waals surface area (Å²) in [5.41, 5.74) is 11.8. The van der Waals surface area contributed by atoms with Crippen molar-refractivity contribution in [3.8, 4) is 39.4 Å². The van der Waals surface area contributed by atoms with Gasteiger partial charge in [-0.1, -0.05) is 77.9 Å². The van der Waals surface area contributed by atoms with Gasteiger partial charge in [0.05, 0.1) is 22.1 Å². The third-order valence-electron chi connectivity index (χ3n) is 8.43. The van der Waals surface area contributed by atoms with Crippen LogP contribution in [0.1, 0.15) is 58.2 Å². The number of nitrogens with zero attached hydrogens (tertiary/aromatic N) is 3. The fourth-order valence-corrected chi connectivity index (χ4v) is 5.76. The molecule has 0 aliphatic carbocycles. The Morgan fingerprint density at radius 2 is 1.33 bits per heavy atom. The van der Waals surface area contributed by atoms with Gasteiger partial charge in [-0.3, -0.25) is 4.98 Å². The van der Waals surface area contributed by atoms with Crippen molar-refractivity contribution in [2.75, 3.05) is 0 Å². The van der Waals surface area contributed by atoms with Gasteiger partial charge in [0.15, 0.2) is 0 Å². The Kier molecular flexibility index (Phi) is 6.49. The molecule has 0 saturated heterocycles. The van der Waals surface area contributed by atoms with Crippen LogP contribution in [-0.4, -0.2) is 19.6 Å². The largest absolute Gasteiger partial charge is 0.507 e. The molecule has 1 N–H and O–H groups in total. The third kappa shape index (κ3) is 4.75. The van der Waals surface area contributed by atoms with E-state index >= 15 is 0 Å². The monoisotopic (exact) mass is 553 g/mol. The van der Waals surface area contributed by atoms with Crippen LogP contribution >= 0.6 is 0 Å². The summed E-state index contributed by atoms with van der Waals surface area (Å²) in [5, 5.41) is 12.1. The van der Waals surface area contributed by atoms with Gasteiger partial charge in [0, 0.05) is 29.8 Å². The van der Waals surface area contributed by atoms with E-state index in [2.05, 4.69) is 120 Å². The van der Waals surface area contributed by atoms with Gasteiger partial charge < -0.3 is 9.67 Å². The second kappa shape index (κ2) is 9.84. The quantitative estimate of drug-likeness (QED) is 0.237. The maximum absolute atomic E-state index is 10.9. The molecule has 0 bridgehead atoms. The lowest BCUT2D eigenvalue weighted by atomic mass is 9.83. The van der Waals surface area contributed by atoms with E-state index in [-0.39, 0.29) is 16.6 Å². The summed E-state index contributed by atoms with van der Waals surface area (Å²) in [4.78, 5) is 9.98. The summed E-state index contributed by atoms with van der Waals surface area (Å²) >= 11 is 0. The Labute approximate surface area is 248 Å². The highest BCUT2D eigenvalue weighted by Crippen LogP contribution is 2.39. The zero-order valence-corrected chi connectivity index (χ0v) is 25.9. The van der Waals surface area contributed by atoms with Crippen LogP contribution in [0.5, 0.6) is 5.75 Å². The van der Waals surface area contributed by atoms with Crippen molar-refractivity contribution >= 4 is 21.9 Å². The second-order valence-electron chi connectivity index (χ2n) is 13.5. The molecule has 4 nitrogen and oxygen atoms in total. The maximum atomic E-state index is 10.9. The number of aryl methyl sites for hydroxylation is 2. The van der Waals surface area contributed by atoms with E-state index in [0.29, 0.717) is 0 Å². The Morgan fingerprint density at radius 1 is 0.667 bits per heavy atom. The smallest absolute Gasteiger partial charge is 0.144 e. The van der Waals surface area contributed by atoms with E-state index in [9.17, 15) is 5.11 Å². The van der Waals surface area contributed by atoms with Crippen LogP contribution < -0.4 is 0 Å².